The zero-order valence-electron chi connectivity index (χ0n) is 14.2. The van der Waals surface area contributed by atoms with Gasteiger partial charge < -0.3 is 10.6 Å². The first-order valence-corrected chi connectivity index (χ1v) is 7.96. The van der Waals surface area contributed by atoms with Crippen molar-refractivity contribution in [2.45, 2.75) is 13.1 Å². The molecule has 0 spiro atoms. The van der Waals surface area contributed by atoms with Crippen molar-refractivity contribution < 1.29 is 18.0 Å². The molecule has 0 radical (unpaired) electrons. The Labute approximate surface area is 153 Å². The fraction of sp³-hybridized carbons (Fsp3) is 0.105. The largest absolute Gasteiger partial charge is 0.418 e. The standard InChI is InChI=1S/C19H15F3N4O/c1-12-5-4-6-13(9-12)25-17-10-16(23-11-24-17)18(27)26-15-8-3-2-7-14(15)19(20,21)22/h2-11H,1H3,(H,26,27)(H,23,24,25). The lowest BCUT2D eigenvalue weighted by atomic mass is 10.1. The van der Waals surface area contributed by atoms with E-state index in [1.54, 1.807) is 0 Å². The summed E-state index contributed by atoms with van der Waals surface area (Å²) in [7, 11) is 0. The van der Waals surface area contributed by atoms with Gasteiger partial charge in [0.15, 0.2) is 0 Å². The van der Waals surface area contributed by atoms with Gasteiger partial charge in [-0.3, -0.25) is 4.79 Å². The summed E-state index contributed by atoms with van der Waals surface area (Å²) >= 11 is 0. The van der Waals surface area contributed by atoms with Crippen LogP contribution in [-0.4, -0.2) is 15.9 Å². The highest BCUT2D eigenvalue weighted by Crippen LogP contribution is 2.34. The number of nitrogens with one attached hydrogen (secondary N) is 2. The number of anilines is 3. The minimum absolute atomic E-state index is 0.0582. The van der Waals surface area contributed by atoms with Crippen LogP contribution >= 0.6 is 0 Å². The average molecular weight is 372 g/mol. The van der Waals surface area contributed by atoms with Gasteiger partial charge in [0.1, 0.15) is 17.8 Å². The minimum Gasteiger partial charge on any atom is -0.340 e. The molecule has 0 bridgehead atoms. The Morgan fingerprint density at radius 1 is 1.00 bits per heavy atom. The predicted octanol–water partition coefficient (Wildman–Crippen LogP) is 4.80. The van der Waals surface area contributed by atoms with Crippen LogP contribution in [0.5, 0.6) is 0 Å². The van der Waals surface area contributed by atoms with E-state index in [2.05, 4.69) is 20.6 Å². The maximum Gasteiger partial charge on any atom is 0.418 e. The Morgan fingerprint density at radius 3 is 2.52 bits per heavy atom. The van der Waals surface area contributed by atoms with Crippen molar-refractivity contribution >= 4 is 23.1 Å². The van der Waals surface area contributed by atoms with Crippen LogP contribution in [0.3, 0.4) is 0 Å². The van der Waals surface area contributed by atoms with Gasteiger partial charge in [0.25, 0.3) is 5.91 Å². The first kappa shape index (κ1) is 18.4. The molecule has 0 saturated carbocycles. The number of para-hydroxylation sites is 1. The zero-order valence-corrected chi connectivity index (χ0v) is 14.2. The summed E-state index contributed by atoms with van der Waals surface area (Å²) in [6, 6.07) is 13.6. The third kappa shape index (κ3) is 4.60. The Kier molecular flexibility index (Phi) is 5.07. The van der Waals surface area contributed by atoms with E-state index in [0.717, 1.165) is 17.3 Å². The number of hydrogen-bond acceptors (Lipinski definition) is 4. The van der Waals surface area contributed by atoms with E-state index in [-0.39, 0.29) is 11.4 Å². The Morgan fingerprint density at radius 2 is 1.78 bits per heavy atom. The lowest BCUT2D eigenvalue weighted by Gasteiger charge is -2.13. The van der Waals surface area contributed by atoms with E-state index in [0.29, 0.717) is 5.82 Å². The number of amides is 1. The molecule has 5 nitrogen and oxygen atoms in total. The molecule has 3 aromatic rings. The number of aromatic nitrogens is 2. The van der Waals surface area contributed by atoms with Crippen LogP contribution in [0.4, 0.5) is 30.4 Å². The normalized spacial score (nSPS) is 11.1. The molecule has 1 heterocycles. The van der Waals surface area contributed by atoms with Crippen molar-refractivity contribution in [1.82, 2.24) is 9.97 Å². The maximum atomic E-state index is 13.1. The summed E-state index contributed by atoms with van der Waals surface area (Å²) in [5, 5.41) is 5.28. The highest BCUT2D eigenvalue weighted by atomic mass is 19.4. The van der Waals surface area contributed by atoms with Crippen molar-refractivity contribution in [1.29, 1.82) is 0 Å². The van der Waals surface area contributed by atoms with Gasteiger partial charge in [-0.1, -0.05) is 24.3 Å². The van der Waals surface area contributed by atoms with Crippen LogP contribution in [0.25, 0.3) is 0 Å². The number of carbonyl (C=O) groups excluding carboxylic acids is 1. The van der Waals surface area contributed by atoms with Gasteiger partial charge >= 0.3 is 6.18 Å². The molecular weight excluding hydrogens is 357 g/mol. The second-order valence-electron chi connectivity index (χ2n) is 5.78. The van der Waals surface area contributed by atoms with Crippen molar-refractivity contribution in [3.63, 3.8) is 0 Å². The lowest BCUT2D eigenvalue weighted by Crippen LogP contribution is -2.18. The number of nitrogens with zero attached hydrogens (tertiary/aromatic N) is 2. The van der Waals surface area contributed by atoms with Gasteiger partial charge in [-0.25, -0.2) is 9.97 Å². The summed E-state index contributed by atoms with van der Waals surface area (Å²) in [6.07, 6.45) is -3.41. The van der Waals surface area contributed by atoms with Crippen molar-refractivity contribution in [3.05, 3.63) is 77.7 Å². The number of rotatable bonds is 4. The molecule has 0 saturated heterocycles. The summed E-state index contributed by atoms with van der Waals surface area (Å²) < 4.78 is 39.2. The second kappa shape index (κ2) is 7.45. The summed E-state index contributed by atoms with van der Waals surface area (Å²) in [6.45, 7) is 1.93. The molecule has 1 amide bonds. The fourth-order valence-corrected chi connectivity index (χ4v) is 2.45. The zero-order chi connectivity index (χ0) is 19.4. The molecule has 0 aliphatic rings. The molecule has 0 unspecified atom stereocenters. The molecule has 2 N–H and O–H groups in total. The molecule has 0 atom stereocenters. The van der Waals surface area contributed by atoms with Gasteiger partial charge in [0, 0.05) is 11.8 Å². The number of aryl methyl sites for hydroxylation is 1. The lowest BCUT2D eigenvalue weighted by molar-refractivity contribution is -0.136. The molecule has 27 heavy (non-hydrogen) atoms. The third-order valence-electron chi connectivity index (χ3n) is 3.67. The van der Waals surface area contributed by atoms with Crippen LogP contribution < -0.4 is 10.6 Å². The first-order chi connectivity index (χ1) is 12.8. The van der Waals surface area contributed by atoms with Crippen LogP contribution in [0.1, 0.15) is 21.6 Å². The van der Waals surface area contributed by atoms with Gasteiger partial charge in [-0.05, 0) is 36.8 Å². The van der Waals surface area contributed by atoms with Gasteiger partial charge in [0.05, 0.1) is 11.3 Å². The van der Waals surface area contributed by atoms with E-state index in [1.807, 2.05) is 31.2 Å². The van der Waals surface area contributed by atoms with E-state index in [9.17, 15) is 18.0 Å². The van der Waals surface area contributed by atoms with Crippen LogP contribution in [0.15, 0.2) is 60.9 Å². The number of carbonyl (C=O) groups is 1. The summed E-state index contributed by atoms with van der Waals surface area (Å²) in [5.41, 5.74) is 0.489. The van der Waals surface area contributed by atoms with E-state index in [1.165, 1.54) is 30.6 Å². The van der Waals surface area contributed by atoms with Gasteiger partial charge in [-0.2, -0.15) is 13.2 Å². The van der Waals surface area contributed by atoms with Crippen molar-refractivity contribution in [2.24, 2.45) is 0 Å². The number of alkyl halides is 3. The number of halogens is 3. The molecule has 0 aliphatic carbocycles. The monoisotopic (exact) mass is 372 g/mol. The highest BCUT2D eigenvalue weighted by molar-refractivity contribution is 6.03. The molecule has 0 fully saturated rings. The predicted molar refractivity (Wildman–Crippen MR) is 95.9 cm³/mol. The Balaban J connectivity index is 1.81. The molecule has 8 heteroatoms. The highest BCUT2D eigenvalue weighted by Gasteiger charge is 2.33. The topological polar surface area (TPSA) is 66.9 Å². The molecular formula is C19H15F3N4O. The quantitative estimate of drug-likeness (QED) is 0.690. The SMILES string of the molecule is Cc1cccc(Nc2cc(C(=O)Nc3ccccc3C(F)(F)F)ncn2)c1. The Hall–Kier alpha value is -3.42. The summed E-state index contributed by atoms with van der Waals surface area (Å²) in [5.74, 6) is -0.411. The van der Waals surface area contributed by atoms with Crippen molar-refractivity contribution in [2.75, 3.05) is 10.6 Å². The molecule has 1 aromatic heterocycles. The van der Waals surface area contributed by atoms with Gasteiger partial charge in [-0.15, -0.1) is 0 Å². The maximum absolute atomic E-state index is 13.1. The fourth-order valence-electron chi connectivity index (χ4n) is 2.45. The van der Waals surface area contributed by atoms with E-state index < -0.39 is 17.6 Å². The third-order valence-corrected chi connectivity index (χ3v) is 3.67. The smallest absolute Gasteiger partial charge is 0.340 e. The summed E-state index contributed by atoms with van der Waals surface area (Å²) in [4.78, 5) is 20.2. The minimum atomic E-state index is -4.58. The molecule has 0 aliphatic heterocycles. The Bertz CT molecular complexity index is 973. The van der Waals surface area contributed by atoms with Crippen LogP contribution in [0, 0.1) is 6.92 Å². The van der Waals surface area contributed by atoms with Crippen molar-refractivity contribution in [3.8, 4) is 0 Å². The second-order valence-corrected chi connectivity index (χ2v) is 5.78. The van der Waals surface area contributed by atoms with E-state index >= 15 is 0 Å². The molecule has 138 valence electrons. The average Bonchev–Trinajstić information content (AvgIpc) is 2.61. The number of hydrogen-bond donors (Lipinski definition) is 2. The van der Waals surface area contributed by atoms with E-state index in [4.69, 9.17) is 0 Å². The first-order valence-electron chi connectivity index (χ1n) is 7.96. The molecule has 3 rings (SSSR count). The van der Waals surface area contributed by atoms with Crippen LogP contribution in [-0.2, 0) is 6.18 Å². The number of benzene rings is 2. The van der Waals surface area contributed by atoms with Gasteiger partial charge in [0.2, 0.25) is 0 Å². The molecule has 2 aromatic carbocycles. The van der Waals surface area contributed by atoms with Crippen LogP contribution in [0.2, 0.25) is 0 Å².